The fourth-order valence-electron chi connectivity index (χ4n) is 2.01. The quantitative estimate of drug-likeness (QED) is 0.762. The van der Waals surface area contributed by atoms with E-state index in [9.17, 15) is 4.79 Å². The van der Waals surface area contributed by atoms with Crippen LogP contribution in [0.5, 0.6) is 0 Å². The normalized spacial score (nSPS) is 22.6. The van der Waals surface area contributed by atoms with Gasteiger partial charge in [0.25, 0.3) is 0 Å². The Bertz CT molecular complexity index is 243. The van der Waals surface area contributed by atoms with Crippen LogP contribution in [0.2, 0.25) is 0 Å². The molecule has 3 nitrogen and oxygen atoms in total. The van der Waals surface area contributed by atoms with E-state index in [0.29, 0.717) is 6.54 Å². The first kappa shape index (κ1) is 13.8. The predicted octanol–water partition coefficient (Wildman–Crippen LogP) is 2.01. The van der Waals surface area contributed by atoms with Crippen molar-refractivity contribution in [1.82, 2.24) is 4.90 Å². The average molecular weight is 245 g/mol. The smallest absolute Gasteiger partial charge is 0.226 e. The molecule has 1 saturated heterocycles. The van der Waals surface area contributed by atoms with E-state index in [1.807, 2.05) is 18.1 Å². The molecule has 0 radical (unpaired) electrons. The summed E-state index contributed by atoms with van der Waals surface area (Å²) in [4.78, 5) is 14.2. The Balaban J connectivity index is 2.60. The zero-order valence-electron chi connectivity index (χ0n) is 10.8. The van der Waals surface area contributed by atoms with Crippen molar-refractivity contribution in [1.29, 1.82) is 0 Å². The molecule has 16 heavy (non-hydrogen) atoms. The van der Waals surface area contributed by atoms with Crippen LogP contribution in [0.1, 0.15) is 27.2 Å². The van der Waals surface area contributed by atoms with Gasteiger partial charge in [0.1, 0.15) is 0 Å². The fraction of sp³-hybridized carbons (Fsp3) is 0.917. The summed E-state index contributed by atoms with van der Waals surface area (Å²) in [6.45, 7) is 8.42. The molecule has 1 fully saturated rings. The molecule has 1 unspecified atom stereocenters. The molecule has 1 aliphatic rings. The summed E-state index contributed by atoms with van der Waals surface area (Å²) in [5.41, 5.74) is -0.203. The van der Waals surface area contributed by atoms with E-state index in [-0.39, 0.29) is 17.4 Å². The lowest BCUT2D eigenvalue weighted by Crippen LogP contribution is -2.44. The first-order valence-corrected chi connectivity index (χ1v) is 7.27. The van der Waals surface area contributed by atoms with Crippen molar-refractivity contribution in [3.8, 4) is 0 Å². The average Bonchev–Trinajstić information content (AvgIpc) is 2.38. The number of carbonyl (C=O) groups excluding carboxylic acids is 1. The van der Waals surface area contributed by atoms with E-state index in [2.05, 4.69) is 13.8 Å². The topological polar surface area (TPSA) is 29.5 Å². The van der Waals surface area contributed by atoms with Gasteiger partial charge in [0.2, 0.25) is 5.91 Å². The molecule has 1 heterocycles. The van der Waals surface area contributed by atoms with Crippen LogP contribution in [0, 0.1) is 5.92 Å². The van der Waals surface area contributed by atoms with Crippen LogP contribution in [-0.2, 0) is 9.53 Å². The Morgan fingerprint density at radius 3 is 2.88 bits per heavy atom. The highest BCUT2D eigenvalue weighted by molar-refractivity contribution is 7.98. The van der Waals surface area contributed by atoms with Crippen molar-refractivity contribution < 1.29 is 9.53 Å². The standard InChI is InChI=1S/C12H23NO2S/c1-10(8-16-4)11(14)13-6-5-7-15-12(2,3)9-13/h10H,5-9H2,1-4H3. The van der Waals surface area contributed by atoms with Gasteiger partial charge >= 0.3 is 0 Å². The van der Waals surface area contributed by atoms with Gasteiger partial charge in [-0.05, 0) is 26.5 Å². The largest absolute Gasteiger partial charge is 0.374 e. The van der Waals surface area contributed by atoms with Crippen molar-refractivity contribution >= 4 is 17.7 Å². The third-order valence-electron chi connectivity index (χ3n) is 2.79. The lowest BCUT2D eigenvalue weighted by molar-refractivity contribution is -0.136. The first-order valence-electron chi connectivity index (χ1n) is 5.88. The number of ether oxygens (including phenoxy) is 1. The summed E-state index contributed by atoms with van der Waals surface area (Å²) in [5.74, 6) is 1.29. The fourth-order valence-corrected chi connectivity index (χ4v) is 2.65. The molecule has 0 N–H and O–H groups in total. The molecular formula is C12H23NO2S. The van der Waals surface area contributed by atoms with Crippen molar-refractivity contribution in [3.63, 3.8) is 0 Å². The monoisotopic (exact) mass is 245 g/mol. The van der Waals surface area contributed by atoms with Gasteiger partial charge in [-0.25, -0.2) is 0 Å². The van der Waals surface area contributed by atoms with Gasteiger partial charge < -0.3 is 9.64 Å². The van der Waals surface area contributed by atoms with E-state index in [1.54, 1.807) is 11.8 Å². The van der Waals surface area contributed by atoms with Gasteiger partial charge in [-0.15, -0.1) is 0 Å². The SMILES string of the molecule is CSCC(C)C(=O)N1CCCOC(C)(C)C1. The molecule has 0 aromatic carbocycles. The second-order valence-corrected chi connectivity index (χ2v) is 5.99. The van der Waals surface area contributed by atoms with Crippen LogP contribution in [0.25, 0.3) is 0 Å². The van der Waals surface area contributed by atoms with Gasteiger partial charge in [0.15, 0.2) is 0 Å². The van der Waals surface area contributed by atoms with E-state index >= 15 is 0 Å². The summed E-state index contributed by atoms with van der Waals surface area (Å²) >= 11 is 1.73. The van der Waals surface area contributed by atoms with E-state index in [4.69, 9.17) is 4.74 Å². The van der Waals surface area contributed by atoms with Gasteiger partial charge in [-0.3, -0.25) is 4.79 Å². The molecule has 94 valence electrons. The number of rotatable bonds is 3. The highest BCUT2D eigenvalue weighted by atomic mass is 32.2. The number of hydrogen-bond acceptors (Lipinski definition) is 3. The Morgan fingerprint density at radius 2 is 2.25 bits per heavy atom. The lowest BCUT2D eigenvalue weighted by Gasteiger charge is -2.30. The molecule has 0 aromatic heterocycles. The van der Waals surface area contributed by atoms with Crippen LogP contribution in [0.3, 0.4) is 0 Å². The van der Waals surface area contributed by atoms with Crippen LogP contribution in [-0.4, -0.2) is 48.1 Å². The van der Waals surface area contributed by atoms with Gasteiger partial charge in [-0.2, -0.15) is 11.8 Å². The highest BCUT2D eigenvalue weighted by Gasteiger charge is 2.29. The van der Waals surface area contributed by atoms with E-state index in [0.717, 1.165) is 25.3 Å². The van der Waals surface area contributed by atoms with Crippen LogP contribution in [0.15, 0.2) is 0 Å². The van der Waals surface area contributed by atoms with E-state index < -0.39 is 0 Å². The molecule has 0 aliphatic carbocycles. The third kappa shape index (κ3) is 3.98. The van der Waals surface area contributed by atoms with Crippen molar-refractivity contribution in [2.24, 2.45) is 5.92 Å². The maximum absolute atomic E-state index is 12.2. The van der Waals surface area contributed by atoms with Crippen LogP contribution < -0.4 is 0 Å². The Labute approximate surface area is 103 Å². The molecule has 4 heteroatoms. The molecule has 0 spiro atoms. The third-order valence-corrected chi connectivity index (χ3v) is 3.62. The molecule has 1 rings (SSSR count). The molecule has 1 atom stereocenters. The second kappa shape index (κ2) is 5.92. The summed E-state index contributed by atoms with van der Waals surface area (Å²) in [6, 6.07) is 0. The van der Waals surface area contributed by atoms with Gasteiger partial charge in [-0.1, -0.05) is 6.92 Å². The van der Waals surface area contributed by atoms with E-state index in [1.165, 1.54) is 0 Å². The summed E-state index contributed by atoms with van der Waals surface area (Å²) < 4.78 is 5.71. The molecule has 1 amide bonds. The number of amides is 1. The molecular weight excluding hydrogens is 222 g/mol. The summed E-state index contributed by atoms with van der Waals surface area (Å²) in [7, 11) is 0. The van der Waals surface area contributed by atoms with Gasteiger partial charge in [0.05, 0.1) is 5.60 Å². The minimum Gasteiger partial charge on any atom is -0.374 e. The van der Waals surface area contributed by atoms with Crippen molar-refractivity contribution in [3.05, 3.63) is 0 Å². The second-order valence-electron chi connectivity index (χ2n) is 5.08. The molecule has 0 saturated carbocycles. The van der Waals surface area contributed by atoms with Crippen molar-refractivity contribution in [2.45, 2.75) is 32.8 Å². The Morgan fingerprint density at radius 1 is 1.56 bits per heavy atom. The van der Waals surface area contributed by atoms with Crippen LogP contribution in [0.4, 0.5) is 0 Å². The zero-order valence-corrected chi connectivity index (χ0v) is 11.6. The molecule has 1 aliphatic heterocycles. The minimum atomic E-state index is -0.203. The number of carbonyl (C=O) groups is 1. The molecule has 0 bridgehead atoms. The highest BCUT2D eigenvalue weighted by Crippen LogP contribution is 2.19. The summed E-state index contributed by atoms with van der Waals surface area (Å²) in [5, 5.41) is 0. The Kier molecular flexibility index (Phi) is 5.12. The number of thioether (sulfide) groups is 1. The predicted molar refractivity (Wildman–Crippen MR) is 68.8 cm³/mol. The lowest BCUT2D eigenvalue weighted by atomic mass is 10.1. The zero-order chi connectivity index (χ0) is 12.2. The van der Waals surface area contributed by atoms with Crippen LogP contribution >= 0.6 is 11.8 Å². The number of nitrogens with zero attached hydrogens (tertiary/aromatic N) is 1. The first-order chi connectivity index (χ1) is 7.46. The summed E-state index contributed by atoms with van der Waals surface area (Å²) in [6.07, 6.45) is 2.99. The maximum atomic E-state index is 12.2. The minimum absolute atomic E-state index is 0.115. The van der Waals surface area contributed by atoms with Gasteiger partial charge in [0, 0.05) is 31.4 Å². The molecule has 0 aromatic rings. The van der Waals surface area contributed by atoms with Crippen molar-refractivity contribution in [2.75, 3.05) is 31.7 Å². The number of hydrogen-bond donors (Lipinski definition) is 0. The maximum Gasteiger partial charge on any atom is 0.226 e. The Hall–Kier alpha value is -0.220.